The van der Waals surface area contributed by atoms with Gasteiger partial charge in [0, 0.05) is 12.1 Å². The van der Waals surface area contributed by atoms with Gasteiger partial charge in [-0.3, -0.25) is 29.5 Å². The summed E-state index contributed by atoms with van der Waals surface area (Å²) in [5.74, 6) is -3.43. The molecule has 0 saturated carbocycles. The number of hydrogen-bond donors (Lipinski definition) is 1. The van der Waals surface area contributed by atoms with Crippen LogP contribution in [0.25, 0.3) is 0 Å². The van der Waals surface area contributed by atoms with E-state index in [4.69, 9.17) is 9.05 Å². The van der Waals surface area contributed by atoms with Crippen LogP contribution in [0.5, 0.6) is 0 Å². The van der Waals surface area contributed by atoms with E-state index in [1.54, 1.807) is 13.8 Å². The number of benzene rings is 1. The Kier molecular flexibility index (Phi) is 5.69. The summed E-state index contributed by atoms with van der Waals surface area (Å²) in [4.78, 5) is 34.7. The molecule has 0 spiro atoms. The van der Waals surface area contributed by atoms with E-state index in [0.29, 0.717) is 0 Å². The molecule has 0 aromatic heterocycles. The molecule has 1 saturated heterocycles. The third-order valence-corrected chi connectivity index (χ3v) is 6.11. The minimum Gasteiger partial charge on any atom is -0.308 e. The van der Waals surface area contributed by atoms with Crippen LogP contribution < -0.4 is 0 Å². The first-order chi connectivity index (χ1) is 11.8. The fourth-order valence-electron chi connectivity index (χ4n) is 2.65. The molecule has 1 fully saturated rings. The molecule has 2 rings (SSSR count). The lowest BCUT2D eigenvalue weighted by molar-refractivity contribution is -0.384. The van der Waals surface area contributed by atoms with Crippen molar-refractivity contribution in [3.63, 3.8) is 0 Å². The van der Waals surface area contributed by atoms with Crippen LogP contribution in [0.4, 0.5) is 5.69 Å². The summed E-state index contributed by atoms with van der Waals surface area (Å²) in [7, 11) is -4.06. The van der Waals surface area contributed by atoms with Crippen molar-refractivity contribution in [2.45, 2.75) is 25.4 Å². The summed E-state index contributed by atoms with van der Waals surface area (Å²) in [5.41, 5.74) is -1.59. The van der Waals surface area contributed by atoms with E-state index >= 15 is 0 Å². The Morgan fingerprint density at radius 2 is 1.68 bits per heavy atom. The van der Waals surface area contributed by atoms with Gasteiger partial charge in [0.05, 0.1) is 24.1 Å². The van der Waals surface area contributed by atoms with Gasteiger partial charge in [-0.25, -0.2) is 0 Å². The van der Waals surface area contributed by atoms with Crippen molar-refractivity contribution < 1.29 is 33.3 Å². The molecule has 1 aliphatic heterocycles. The van der Waals surface area contributed by atoms with Crippen molar-refractivity contribution in [1.82, 2.24) is 5.06 Å². The first-order valence-electron chi connectivity index (χ1n) is 7.46. The zero-order valence-electron chi connectivity index (χ0n) is 13.5. The molecule has 11 heteroatoms. The Labute approximate surface area is 143 Å². The van der Waals surface area contributed by atoms with Gasteiger partial charge in [0.2, 0.25) is 0 Å². The fourth-order valence-corrected chi connectivity index (χ4v) is 4.81. The molecule has 1 aromatic carbocycles. The number of non-ortho nitro benzene ring substituents is 1. The topological polar surface area (TPSA) is 136 Å². The average Bonchev–Trinajstić information content (AvgIpc) is 2.80. The number of nitro benzene ring substituents is 1. The van der Waals surface area contributed by atoms with Crippen LogP contribution in [0.1, 0.15) is 25.3 Å². The van der Waals surface area contributed by atoms with Crippen LogP contribution in [-0.4, -0.2) is 45.9 Å². The maximum atomic E-state index is 13.0. The van der Waals surface area contributed by atoms with E-state index in [2.05, 4.69) is 0 Å². The van der Waals surface area contributed by atoms with Gasteiger partial charge in [-0.2, -0.15) is 5.06 Å². The molecule has 0 bridgehead atoms. The van der Waals surface area contributed by atoms with E-state index in [1.807, 2.05) is 0 Å². The number of carbonyl (C=O) groups is 2. The summed E-state index contributed by atoms with van der Waals surface area (Å²) in [5, 5.41) is 20.3. The lowest BCUT2D eigenvalue weighted by Crippen LogP contribution is -2.29. The Morgan fingerprint density at radius 1 is 1.16 bits per heavy atom. The minimum absolute atomic E-state index is 0.0341. The Bertz CT molecular complexity index is 725. The van der Waals surface area contributed by atoms with E-state index < -0.39 is 35.9 Å². The van der Waals surface area contributed by atoms with Crippen LogP contribution in [0, 0.1) is 10.1 Å². The van der Waals surface area contributed by atoms with Crippen LogP contribution in [0.3, 0.4) is 0 Å². The van der Waals surface area contributed by atoms with E-state index in [9.17, 15) is 29.5 Å². The van der Waals surface area contributed by atoms with Gasteiger partial charge in [0.25, 0.3) is 17.5 Å². The third kappa shape index (κ3) is 3.47. The quantitative estimate of drug-likeness (QED) is 0.252. The monoisotopic (exact) mass is 372 g/mol. The first-order valence-corrected chi connectivity index (χ1v) is 9.07. The number of nitrogens with zero attached hydrogens (tertiary/aromatic N) is 2. The summed E-state index contributed by atoms with van der Waals surface area (Å²) < 4.78 is 23.3. The fraction of sp³-hybridized carbons (Fsp3) is 0.429. The average molecular weight is 372 g/mol. The summed E-state index contributed by atoms with van der Waals surface area (Å²) >= 11 is 0. The number of carbonyl (C=O) groups excluding carboxylic acids is 2. The van der Waals surface area contributed by atoms with Gasteiger partial charge in [-0.05, 0) is 19.4 Å². The normalized spacial score (nSPS) is 21.0. The van der Waals surface area contributed by atoms with Crippen LogP contribution >= 0.6 is 7.60 Å². The zero-order chi connectivity index (χ0) is 18.8. The number of nitro groups is 1. The second-order valence-electron chi connectivity index (χ2n) is 5.13. The Hall–Kier alpha value is -2.13. The maximum absolute atomic E-state index is 13.0. The van der Waals surface area contributed by atoms with Crippen molar-refractivity contribution in [3.8, 4) is 0 Å². The molecule has 1 N–H and O–H groups in total. The molecular weight excluding hydrogens is 355 g/mol. The number of imide groups is 1. The van der Waals surface area contributed by atoms with Crippen molar-refractivity contribution >= 4 is 25.1 Å². The summed E-state index contributed by atoms with van der Waals surface area (Å²) in [6, 6.07) is 4.83. The molecule has 0 radical (unpaired) electrons. The SMILES string of the molecule is CCOP(=O)(OCC)[C@H]1C(=O)N(O)C(=O)C1c1ccc([N+](=O)[O-])cc1. The molecule has 1 aliphatic rings. The van der Waals surface area contributed by atoms with Gasteiger partial charge in [0.1, 0.15) is 0 Å². The smallest absolute Gasteiger partial charge is 0.308 e. The van der Waals surface area contributed by atoms with Gasteiger partial charge < -0.3 is 9.05 Å². The predicted molar refractivity (Wildman–Crippen MR) is 84.1 cm³/mol. The van der Waals surface area contributed by atoms with E-state index in [1.165, 1.54) is 12.1 Å². The second-order valence-corrected chi connectivity index (χ2v) is 7.29. The molecule has 1 heterocycles. The first kappa shape index (κ1) is 19.2. The van der Waals surface area contributed by atoms with Crippen LogP contribution in [0.15, 0.2) is 24.3 Å². The van der Waals surface area contributed by atoms with Crippen LogP contribution in [-0.2, 0) is 23.2 Å². The highest BCUT2D eigenvalue weighted by Crippen LogP contribution is 2.60. The lowest BCUT2D eigenvalue weighted by atomic mass is 9.97. The van der Waals surface area contributed by atoms with E-state index in [0.717, 1.165) is 12.1 Å². The van der Waals surface area contributed by atoms with Crippen molar-refractivity contribution in [3.05, 3.63) is 39.9 Å². The third-order valence-electron chi connectivity index (χ3n) is 3.67. The van der Waals surface area contributed by atoms with Gasteiger partial charge >= 0.3 is 7.60 Å². The molecule has 1 unspecified atom stereocenters. The van der Waals surface area contributed by atoms with Crippen molar-refractivity contribution in [1.29, 1.82) is 0 Å². The van der Waals surface area contributed by atoms with Crippen molar-refractivity contribution in [2.75, 3.05) is 13.2 Å². The molecule has 10 nitrogen and oxygen atoms in total. The molecule has 1 aromatic rings. The standard InChI is InChI=1S/C14H17N2O8P/c1-3-23-25(22,24-4-2)12-11(13(17)15(19)14(12)18)9-5-7-10(8-6-9)16(20)21/h5-8,11-12,19H,3-4H2,1-2H3/t11?,12-/m1/s1. The molecule has 2 amide bonds. The minimum atomic E-state index is -4.06. The second kappa shape index (κ2) is 7.40. The number of hydrogen-bond acceptors (Lipinski definition) is 8. The zero-order valence-corrected chi connectivity index (χ0v) is 14.4. The highest BCUT2D eigenvalue weighted by atomic mass is 31.2. The summed E-state index contributed by atoms with van der Waals surface area (Å²) in [6.45, 7) is 3.02. The molecule has 2 atom stereocenters. The number of amides is 2. The maximum Gasteiger partial charge on any atom is 0.344 e. The Morgan fingerprint density at radius 3 is 2.12 bits per heavy atom. The summed E-state index contributed by atoms with van der Waals surface area (Å²) in [6.07, 6.45) is 0. The predicted octanol–water partition coefficient (Wildman–Crippen LogP) is 2.07. The molecule has 136 valence electrons. The largest absolute Gasteiger partial charge is 0.344 e. The van der Waals surface area contributed by atoms with Gasteiger partial charge in [-0.1, -0.05) is 12.1 Å². The van der Waals surface area contributed by atoms with Gasteiger partial charge in [-0.15, -0.1) is 0 Å². The highest BCUT2D eigenvalue weighted by molar-refractivity contribution is 7.56. The number of rotatable bonds is 7. The molecule has 25 heavy (non-hydrogen) atoms. The lowest BCUT2D eigenvalue weighted by Gasteiger charge is -2.24. The molecule has 0 aliphatic carbocycles. The van der Waals surface area contributed by atoms with Crippen molar-refractivity contribution in [2.24, 2.45) is 0 Å². The highest BCUT2D eigenvalue weighted by Gasteiger charge is 2.58. The number of hydroxylamine groups is 2. The Balaban J connectivity index is 2.51. The molecular formula is C14H17N2O8P. The van der Waals surface area contributed by atoms with Crippen LogP contribution in [0.2, 0.25) is 0 Å². The van der Waals surface area contributed by atoms with E-state index in [-0.39, 0.29) is 29.5 Å². The van der Waals surface area contributed by atoms with Gasteiger partial charge in [0.15, 0.2) is 5.66 Å².